The highest BCUT2D eigenvalue weighted by Crippen LogP contribution is 2.26. The van der Waals surface area contributed by atoms with E-state index < -0.39 is 0 Å². The fourth-order valence-electron chi connectivity index (χ4n) is 3.58. The third-order valence-corrected chi connectivity index (χ3v) is 4.91. The molecule has 0 bridgehead atoms. The highest BCUT2D eigenvalue weighted by Gasteiger charge is 2.29. The second-order valence-electron chi connectivity index (χ2n) is 8.43. The smallest absolute Gasteiger partial charge is 0.220 e. The van der Waals surface area contributed by atoms with Crippen LogP contribution in [-0.2, 0) is 19.2 Å². The molecule has 4 N–H and O–H groups in total. The minimum absolute atomic E-state index is 0.0104. The van der Waals surface area contributed by atoms with Crippen LogP contribution in [0.1, 0.15) is 53.4 Å². The third kappa shape index (κ3) is 7.21. The van der Waals surface area contributed by atoms with E-state index in [1.807, 2.05) is 51.7 Å². The number of carbonyl (C=O) groups excluding carboxylic acids is 4. The Labute approximate surface area is 188 Å². The average molecular weight is 445 g/mol. The van der Waals surface area contributed by atoms with Gasteiger partial charge in [-0.1, -0.05) is 12.2 Å². The Morgan fingerprint density at radius 1 is 0.844 bits per heavy atom. The van der Waals surface area contributed by atoms with Crippen LogP contribution >= 0.6 is 0 Å². The van der Waals surface area contributed by atoms with E-state index in [1.165, 1.54) is 10.0 Å². The predicted octanol–water partition coefficient (Wildman–Crippen LogP) is 0.842. The van der Waals surface area contributed by atoms with Crippen LogP contribution in [0.15, 0.2) is 35.9 Å². The standard InChI is InChI=1S/C22H32N6O4/c1-15(2)23-21(31)11-17-7-5-9-27(19(17)13-29)25-26-28-10-6-8-18(20(28)14-30)12-22(32)24-16(3)4/h5-6,9-10,15-18,25-26H,7-8,11-12H2,1-4H3,(H,23,31)(H,24,32). The Bertz CT molecular complexity index is 782. The van der Waals surface area contributed by atoms with Crippen LogP contribution in [0.5, 0.6) is 0 Å². The summed E-state index contributed by atoms with van der Waals surface area (Å²) in [6.45, 7) is 7.49. The van der Waals surface area contributed by atoms with Crippen LogP contribution in [0.4, 0.5) is 0 Å². The van der Waals surface area contributed by atoms with Crippen molar-refractivity contribution in [2.75, 3.05) is 0 Å². The van der Waals surface area contributed by atoms with Gasteiger partial charge in [0.15, 0.2) is 0 Å². The van der Waals surface area contributed by atoms with E-state index in [0.29, 0.717) is 12.8 Å². The van der Waals surface area contributed by atoms with E-state index in [-0.39, 0.29) is 60.0 Å². The van der Waals surface area contributed by atoms with Gasteiger partial charge in [0.1, 0.15) is 23.3 Å². The summed E-state index contributed by atoms with van der Waals surface area (Å²) in [7, 11) is 0. The number of nitrogens with one attached hydrogen (secondary N) is 4. The van der Waals surface area contributed by atoms with Crippen molar-refractivity contribution >= 4 is 23.7 Å². The van der Waals surface area contributed by atoms with Crippen molar-refractivity contribution < 1.29 is 19.2 Å². The van der Waals surface area contributed by atoms with Crippen LogP contribution in [0.2, 0.25) is 0 Å². The number of amides is 2. The normalized spacial score (nSPS) is 20.4. The first-order valence-corrected chi connectivity index (χ1v) is 10.8. The lowest BCUT2D eigenvalue weighted by atomic mass is 9.95. The Morgan fingerprint density at radius 2 is 1.22 bits per heavy atom. The first kappa shape index (κ1) is 25.1. The predicted molar refractivity (Wildman–Crippen MR) is 119 cm³/mol. The number of hydrazine groups is 3. The number of carbonyl (C=O) groups is 2. The van der Waals surface area contributed by atoms with Crippen molar-refractivity contribution in [1.82, 2.24) is 31.7 Å². The lowest BCUT2D eigenvalue weighted by Crippen LogP contribution is -2.53. The molecule has 2 aliphatic heterocycles. The molecule has 10 heteroatoms. The summed E-state index contributed by atoms with van der Waals surface area (Å²) in [5.41, 5.74) is 6.23. The first-order chi connectivity index (χ1) is 15.2. The zero-order chi connectivity index (χ0) is 23.7. The van der Waals surface area contributed by atoms with E-state index in [9.17, 15) is 19.2 Å². The summed E-state index contributed by atoms with van der Waals surface area (Å²) >= 11 is 0. The van der Waals surface area contributed by atoms with E-state index in [4.69, 9.17) is 0 Å². The third-order valence-electron chi connectivity index (χ3n) is 4.91. The van der Waals surface area contributed by atoms with Crippen molar-refractivity contribution in [3.63, 3.8) is 0 Å². The van der Waals surface area contributed by atoms with Gasteiger partial charge in [0.25, 0.3) is 0 Å². The van der Waals surface area contributed by atoms with Gasteiger partial charge in [-0.3, -0.25) is 19.6 Å². The summed E-state index contributed by atoms with van der Waals surface area (Å²) in [4.78, 5) is 47.6. The van der Waals surface area contributed by atoms with E-state index in [0.717, 1.165) is 0 Å². The van der Waals surface area contributed by atoms with E-state index >= 15 is 0 Å². The van der Waals surface area contributed by atoms with Crippen molar-refractivity contribution in [3.8, 4) is 0 Å². The van der Waals surface area contributed by atoms with Gasteiger partial charge in [0.05, 0.1) is 0 Å². The molecule has 2 atom stereocenters. The number of hydrogen-bond donors (Lipinski definition) is 4. The van der Waals surface area contributed by atoms with Gasteiger partial charge >= 0.3 is 0 Å². The fraction of sp³-hybridized carbons (Fsp3) is 0.545. The Balaban J connectivity index is 2.01. The summed E-state index contributed by atoms with van der Waals surface area (Å²) in [5, 5.41) is 8.49. The minimum Gasteiger partial charge on any atom is -0.354 e. The lowest BCUT2D eigenvalue weighted by Gasteiger charge is -2.35. The SMILES string of the molecule is CC(C)NC(=O)CC1CC=CN(NNN2C=CCC(CC(=O)NC(C)C)C2=C=O)C1=C=O. The fourth-order valence-corrected chi connectivity index (χ4v) is 3.58. The summed E-state index contributed by atoms with van der Waals surface area (Å²) in [6, 6.07) is 0.0207. The molecule has 0 radical (unpaired) electrons. The van der Waals surface area contributed by atoms with Gasteiger partial charge in [-0.25, -0.2) is 9.59 Å². The molecule has 174 valence electrons. The van der Waals surface area contributed by atoms with Crippen LogP contribution in [-0.4, -0.2) is 45.8 Å². The molecule has 0 saturated carbocycles. The molecule has 2 heterocycles. The minimum atomic E-state index is -0.337. The highest BCUT2D eigenvalue weighted by molar-refractivity contribution is 5.78. The molecule has 0 aliphatic carbocycles. The molecule has 0 saturated heterocycles. The largest absolute Gasteiger partial charge is 0.354 e. The topological polar surface area (TPSA) is 123 Å². The molecule has 2 unspecified atom stereocenters. The molecule has 32 heavy (non-hydrogen) atoms. The van der Waals surface area contributed by atoms with Gasteiger partial charge in [0, 0.05) is 49.2 Å². The number of rotatable bonds is 9. The van der Waals surface area contributed by atoms with Crippen LogP contribution in [0, 0.1) is 11.8 Å². The maximum Gasteiger partial charge on any atom is 0.220 e. The molecular weight excluding hydrogens is 412 g/mol. The molecule has 0 spiro atoms. The summed E-state index contributed by atoms with van der Waals surface area (Å²) < 4.78 is 0. The maximum absolute atomic E-state index is 12.1. The molecule has 0 aromatic heterocycles. The number of allylic oxidation sites excluding steroid dienone is 4. The molecule has 2 aliphatic rings. The summed E-state index contributed by atoms with van der Waals surface area (Å²) in [6.07, 6.45) is 8.34. The van der Waals surface area contributed by atoms with Gasteiger partial charge in [-0.15, -0.1) is 11.1 Å². The molecule has 2 amide bonds. The van der Waals surface area contributed by atoms with E-state index in [1.54, 1.807) is 12.4 Å². The van der Waals surface area contributed by atoms with Crippen molar-refractivity contribution in [2.24, 2.45) is 11.8 Å². The maximum atomic E-state index is 12.1. The van der Waals surface area contributed by atoms with Gasteiger partial charge in [0.2, 0.25) is 11.8 Å². The molecule has 0 fully saturated rings. The van der Waals surface area contributed by atoms with Crippen LogP contribution in [0.3, 0.4) is 0 Å². The molecular formula is C22H32N6O4. The second-order valence-corrected chi connectivity index (χ2v) is 8.43. The monoisotopic (exact) mass is 444 g/mol. The number of nitrogens with zero attached hydrogens (tertiary/aromatic N) is 2. The van der Waals surface area contributed by atoms with Gasteiger partial charge in [-0.05, 0) is 40.5 Å². The lowest BCUT2D eigenvalue weighted by molar-refractivity contribution is -0.123. The van der Waals surface area contributed by atoms with Crippen LogP contribution < -0.4 is 21.7 Å². The zero-order valence-electron chi connectivity index (χ0n) is 19.0. The number of hydrogen-bond acceptors (Lipinski definition) is 8. The Kier molecular flexibility index (Phi) is 9.43. The molecule has 0 aromatic carbocycles. The summed E-state index contributed by atoms with van der Waals surface area (Å²) in [5.74, 6) is 2.86. The highest BCUT2D eigenvalue weighted by atomic mass is 16.2. The van der Waals surface area contributed by atoms with Crippen molar-refractivity contribution in [3.05, 3.63) is 35.9 Å². The van der Waals surface area contributed by atoms with Gasteiger partial charge in [-0.2, -0.15) is 0 Å². The Hall–Kier alpha value is -3.16. The van der Waals surface area contributed by atoms with Crippen molar-refractivity contribution in [1.29, 1.82) is 0 Å². The second kappa shape index (κ2) is 12.0. The zero-order valence-corrected chi connectivity index (χ0v) is 19.0. The van der Waals surface area contributed by atoms with Crippen molar-refractivity contribution in [2.45, 2.75) is 65.5 Å². The Morgan fingerprint density at radius 3 is 1.53 bits per heavy atom. The van der Waals surface area contributed by atoms with Crippen LogP contribution in [0.25, 0.3) is 0 Å². The van der Waals surface area contributed by atoms with Gasteiger partial charge < -0.3 is 10.6 Å². The molecule has 0 aromatic rings. The first-order valence-electron chi connectivity index (χ1n) is 10.8. The average Bonchev–Trinajstić information content (AvgIpc) is 2.71. The molecule has 10 nitrogen and oxygen atoms in total. The van der Waals surface area contributed by atoms with E-state index in [2.05, 4.69) is 21.7 Å². The quantitative estimate of drug-likeness (QED) is 0.305. The molecule has 2 rings (SSSR count).